The molecule has 0 saturated carbocycles. The van der Waals surface area contributed by atoms with Crippen LogP contribution in [0.5, 0.6) is 0 Å². The Labute approximate surface area is 195 Å². The van der Waals surface area contributed by atoms with Gasteiger partial charge in [-0.1, -0.05) is 17.7 Å². The number of sulfonamides is 1. The first kappa shape index (κ1) is 24.8. The van der Waals surface area contributed by atoms with Crippen LogP contribution in [-0.2, 0) is 31.4 Å². The van der Waals surface area contributed by atoms with Gasteiger partial charge in [-0.3, -0.25) is 18.6 Å². The highest BCUT2D eigenvalue weighted by molar-refractivity contribution is 7.93. The predicted octanol–water partition coefficient (Wildman–Crippen LogP) is 2.34. The highest BCUT2D eigenvalue weighted by Crippen LogP contribution is 2.28. The number of aryl methyl sites for hydroxylation is 3. The van der Waals surface area contributed by atoms with E-state index < -0.39 is 10.0 Å². The molecule has 0 N–H and O–H groups in total. The fourth-order valence-corrected chi connectivity index (χ4v) is 5.93. The first-order chi connectivity index (χ1) is 15.6. The van der Waals surface area contributed by atoms with E-state index in [1.165, 1.54) is 4.68 Å². The molecule has 1 saturated heterocycles. The summed E-state index contributed by atoms with van der Waals surface area (Å²) >= 11 is 0. The van der Waals surface area contributed by atoms with E-state index in [4.69, 9.17) is 4.74 Å². The van der Waals surface area contributed by atoms with Crippen LogP contribution in [0.1, 0.15) is 36.7 Å². The first-order valence-electron chi connectivity index (χ1n) is 11.1. The maximum Gasteiger partial charge on any atom is 0.309 e. The van der Waals surface area contributed by atoms with Crippen molar-refractivity contribution >= 4 is 27.6 Å². The normalized spacial score (nSPS) is 14.9. The molecule has 1 aromatic carbocycles. The second-order valence-electron chi connectivity index (χ2n) is 8.38. The number of hydrogen-bond acceptors (Lipinski definition) is 6. The van der Waals surface area contributed by atoms with Gasteiger partial charge in [0.15, 0.2) is 0 Å². The molecule has 0 unspecified atom stereocenters. The Bertz CT molecular complexity index is 1120. The molecule has 9 nitrogen and oxygen atoms in total. The molecular formula is C23H32N4O5S. The average molecular weight is 477 g/mol. The molecule has 1 amide bonds. The van der Waals surface area contributed by atoms with Gasteiger partial charge >= 0.3 is 5.97 Å². The number of aromatic nitrogens is 2. The third-order valence-corrected chi connectivity index (χ3v) is 8.09. The van der Waals surface area contributed by atoms with Gasteiger partial charge in [-0.2, -0.15) is 5.10 Å². The van der Waals surface area contributed by atoms with E-state index >= 15 is 0 Å². The topological polar surface area (TPSA) is 102 Å². The Morgan fingerprint density at radius 1 is 1.12 bits per heavy atom. The van der Waals surface area contributed by atoms with Crippen molar-refractivity contribution in [3.63, 3.8) is 0 Å². The second kappa shape index (κ2) is 9.94. The molecule has 0 aliphatic carbocycles. The van der Waals surface area contributed by atoms with E-state index in [2.05, 4.69) is 5.10 Å². The van der Waals surface area contributed by atoms with Crippen molar-refractivity contribution in [1.82, 2.24) is 14.7 Å². The minimum absolute atomic E-state index is 0.111. The molecule has 0 atom stereocenters. The van der Waals surface area contributed by atoms with Crippen molar-refractivity contribution in [2.45, 2.75) is 45.4 Å². The van der Waals surface area contributed by atoms with Crippen LogP contribution in [-0.4, -0.2) is 61.2 Å². The molecule has 10 heteroatoms. The standard InChI is InChI=1S/C23H32N4O5S/c1-6-32-23(29)19-11-13-26(14-12-19)21(28)15-27(20-9-7-16(2)8-10-20)33(30,31)22-17(3)24-25(5)18(22)4/h7-10,19H,6,11-15H2,1-5H3. The molecule has 2 heterocycles. The largest absolute Gasteiger partial charge is 0.466 e. The maximum atomic E-state index is 13.7. The minimum atomic E-state index is -4.04. The van der Waals surface area contributed by atoms with Gasteiger partial charge < -0.3 is 9.64 Å². The summed E-state index contributed by atoms with van der Waals surface area (Å²) in [5.74, 6) is -0.775. The average Bonchev–Trinajstić information content (AvgIpc) is 3.04. The van der Waals surface area contributed by atoms with Crippen LogP contribution in [0.25, 0.3) is 0 Å². The number of esters is 1. The lowest BCUT2D eigenvalue weighted by Gasteiger charge is -2.33. The molecule has 180 valence electrons. The lowest BCUT2D eigenvalue weighted by Crippen LogP contribution is -2.47. The van der Waals surface area contributed by atoms with E-state index in [-0.39, 0.29) is 29.2 Å². The molecule has 1 aliphatic heterocycles. The smallest absolute Gasteiger partial charge is 0.309 e. The molecule has 2 aromatic rings. The van der Waals surface area contributed by atoms with Gasteiger partial charge in [-0.15, -0.1) is 0 Å². The third-order valence-electron chi connectivity index (χ3n) is 6.06. The van der Waals surface area contributed by atoms with Gasteiger partial charge in [-0.25, -0.2) is 8.42 Å². The summed E-state index contributed by atoms with van der Waals surface area (Å²) in [4.78, 5) is 26.9. The van der Waals surface area contributed by atoms with Gasteiger partial charge in [0.25, 0.3) is 10.0 Å². The lowest BCUT2D eigenvalue weighted by molar-refractivity contribution is -0.151. The predicted molar refractivity (Wildman–Crippen MR) is 124 cm³/mol. The quantitative estimate of drug-likeness (QED) is 0.569. The number of amides is 1. The van der Waals surface area contributed by atoms with Gasteiger partial charge in [0, 0.05) is 20.1 Å². The van der Waals surface area contributed by atoms with Gasteiger partial charge in [0.2, 0.25) is 5.91 Å². The zero-order valence-corrected chi connectivity index (χ0v) is 20.7. The van der Waals surface area contributed by atoms with Crippen LogP contribution in [0.3, 0.4) is 0 Å². The minimum Gasteiger partial charge on any atom is -0.466 e. The summed E-state index contributed by atoms with van der Waals surface area (Å²) in [6.07, 6.45) is 1.01. The summed E-state index contributed by atoms with van der Waals surface area (Å²) < 4.78 is 35.3. The summed E-state index contributed by atoms with van der Waals surface area (Å²) in [6, 6.07) is 7.04. The highest BCUT2D eigenvalue weighted by Gasteiger charge is 2.35. The molecule has 3 rings (SSSR count). The van der Waals surface area contributed by atoms with Gasteiger partial charge in [0.1, 0.15) is 11.4 Å². The Morgan fingerprint density at radius 3 is 2.24 bits per heavy atom. The summed E-state index contributed by atoms with van der Waals surface area (Å²) in [7, 11) is -2.35. The van der Waals surface area contributed by atoms with Crippen LogP contribution in [0, 0.1) is 26.7 Å². The number of piperidine rings is 1. The van der Waals surface area contributed by atoms with Gasteiger partial charge in [0.05, 0.1) is 29.6 Å². The van der Waals surface area contributed by atoms with Crippen molar-refractivity contribution in [3.05, 3.63) is 41.2 Å². The number of hydrogen-bond donors (Lipinski definition) is 0. The number of carbonyl (C=O) groups excluding carboxylic acids is 2. The number of rotatable bonds is 7. The molecule has 1 fully saturated rings. The van der Waals surface area contributed by atoms with Crippen LogP contribution >= 0.6 is 0 Å². The third kappa shape index (κ3) is 5.21. The molecule has 0 radical (unpaired) electrons. The number of ether oxygens (including phenoxy) is 1. The highest BCUT2D eigenvalue weighted by atomic mass is 32.2. The molecular weight excluding hydrogens is 444 g/mol. The van der Waals surface area contributed by atoms with Crippen LogP contribution in [0.2, 0.25) is 0 Å². The zero-order valence-electron chi connectivity index (χ0n) is 19.9. The second-order valence-corrected chi connectivity index (χ2v) is 10.2. The zero-order chi connectivity index (χ0) is 24.3. The van der Waals surface area contributed by atoms with Crippen molar-refractivity contribution in [3.8, 4) is 0 Å². The van der Waals surface area contributed by atoms with E-state index in [0.717, 1.165) is 9.87 Å². The Hall–Kier alpha value is -2.88. The number of carbonyl (C=O) groups is 2. The lowest BCUT2D eigenvalue weighted by atomic mass is 9.97. The Balaban J connectivity index is 1.86. The summed E-state index contributed by atoms with van der Waals surface area (Å²) in [5.41, 5.74) is 2.29. The van der Waals surface area contributed by atoms with Crippen LogP contribution in [0.15, 0.2) is 29.2 Å². The van der Waals surface area contributed by atoms with E-state index in [1.54, 1.807) is 44.9 Å². The SMILES string of the molecule is CCOC(=O)C1CCN(C(=O)CN(c2ccc(C)cc2)S(=O)(=O)c2c(C)nn(C)c2C)CC1. The maximum absolute atomic E-state index is 13.7. The van der Waals surface area contributed by atoms with Crippen molar-refractivity contribution in [2.24, 2.45) is 13.0 Å². The molecule has 0 spiro atoms. The van der Waals surface area contributed by atoms with E-state index in [9.17, 15) is 18.0 Å². The van der Waals surface area contributed by atoms with Crippen LogP contribution < -0.4 is 4.31 Å². The van der Waals surface area contributed by atoms with Crippen molar-refractivity contribution < 1.29 is 22.7 Å². The van der Waals surface area contributed by atoms with Gasteiger partial charge in [-0.05, 0) is 52.7 Å². The van der Waals surface area contributed by atoms with Crippen molar-refractivity contribution in [2.75, 3.05) is 30.5 Å². The monoisotopic (exact) mass is 476 g/mol. The fourth-order valence-electron chi connectivity index (χ4n) is 4.11. The van der Waals surface area contributed by atoms with E-state index in [1.807, 2.05) is 19.1 Å². The first-order valence-corrected chi connectivity index (χ1v) is 12.5. The van der Waals surface area contributed by atoms with Crippen molar-refractivity contribution in [1.29, 1.82) is 0 Å². The number of anilines is 1. The van der Waals surface area contributed by atoms with E-state index in [0.29, 0.717) is 49.6 Å². The Kier molecular flexibility index (Phi) is 7.46. The fraction of sp³-hybridized carbons (Fsp3) is 0.522. The number of benzene rings is 1. The van der Waals surface area contributed by atoms with Crippen LogP contribution in [0.4, 0.5) is 5.69 Å². The molecule has 1 aliphatic rings. The Morgan fingerprint density at radius 2 is 1.73 bits per heavy atom. The summed E-state index contributed by atoms with van der Waals surface area (Å²) in [5, 5.41) is 4.25. The summed E-state index contributed by atoms with van der Waals surface area (Å²) in [6.45, 7) is 7.79. The number of likely N-dealkylation sites (tertiary alicyclic amines) is 1. The molecule has 33 heavy (non-hydrogen) atoms. The molecule has 0 bridgehead atoms. The number of nitrogens with zero attached hydrogens (tertiary/aromatic N) is 4. The molecule has 1 aromatic heterocycles.